The van der Waals surface area contributed by atoms with Crippen molar-refractivity contribution in [2.75, 3.05) is 25.0 Å². The fourth-order valence-corrected chi connectivity index (χ4v) is 4.22. The van der Waals surface area contributed by atoms with Crippen LogP contribution >= 0.6 is 0 Å². The van der Waals surface area contributed by atoms with Crippen LogP contribution in [0.1, 0.15) is 32.4 Å². The predicted molar refractivity (Wildman–Crippen MR) is 110 cm³/mol. The Kier molecular flexibility index (Phi) is 5.58. The van der Waals surface area contributed by atoms with Crippen LogP contribution in [0.5, 0.6) is 0 Å². The number of carbonyl (C=O) groups is 2. The molecule has 1 amide bonds. The van der Waals surface area contributed by atoms with Crippen molar-refractivity contribution in [1.29, 1.82) is 0 Å². The number of amides is 1. The number of hydrogen-bond donors (Lipinski definition) is 1. The van der Waals surface area contributed by atoms with Gasteiger partial charge in [-0.2, -0.15) is 18.3 Å². The summed E-state index contributed by atoms with van der Waals surface area (Å²) < 4.78 is 45.1. The van der Waals surface area contributed by atoms with Crippen LogP contribution in [-0.2, 0) is 20.5 Å². The van der Waals surface area contributed by atoms with E-state index in [9.17, 15) is 22.8 Å². The summed E-state index contributed by atoms with van der Waals surface area (Å²) >= 11 is 0. The number of ether oxygens (including phenoxy) is 1. The molecule has 10 heteroatoms. The molecule has 1 saturated heterocycles. The average Bonchev–Trinajstić information content (AvgIpc) is 3.33. The van der Waals surface area contributed by atoms with Crippen molar-refractivity contribution in [3.63, 3.8) is 0 Å². The van der Waals surface area contributed by atoms with Crippen LogP contribution in [0.25, 0.3) is 5.69 Å². The zero-order valence-corrected chi connectivity index (χ0v) is 17.7. The molecule has 32 heavy (non-hydrogen) atoms. The Morgan fingerprint density at radius 2 is 1.84 bits per heavy atom. The minimum atomic E-state index is -4.52. The molecule has 7 nitrogen and oxygen atoms in total. The number of nitrogens with one attached hydrogen (secondary N) is 1. The summed E-state index contributed by atoms with van der Waals surface area (Å²) in [7, 11) is 0. The second kappa shape index (κ2) is 8.09. The second-order valence-electron chi connectivity index (χ2n) is 7.96. The van der Waals surface area contributed by atoms with E-state index in [2.05, 4.69) is 22.2 Å². The lowest BCUT2D eigenvalue weighted by molar-refractivity contribution is -0.150. The van der Waals surface area contributed by atoms with Crippen molar-refractivity contribution in [2.45, 2.75) is 38.5 Å². The van der Waals surface area contributed by atoms with Crippen molar-refractivity contribution in [3.05, 3.63) is 53.4 Å². The molecule has 2 aliphatic rings. The van der Waals surface area contributed by atoms with Crippen molar-refractivity contribution in [3.8, 4) is 5.69 Å². The molecule has 170 valence electrons. The van der Waals surface area contributed by atoms with E-state index in [1.54, 1.807) is 31.2 Å². The summed E-state index contributed by atoms with van der Waals surface area (Å²) in [6.45, 7) is 6.00. The van der Waals surface area contributed by atoms with Gasteiger partial charge in [0.25, 0.3) is 5.91 Å². The Morgan fingerprint density at radius 1 is 1.19 bits per heavy atom. The smallest absolute Gasteiger partial charge is 0.435 e. The van der Waals surface area contributed by atoms with Gasteiger partial charge in [-0.15, -0.1) is 0 Å². The Labute approximate surface area is 182 Å². The summed E-state index contributed by atoms with van der Waals surface area (Å²) in [4.78, 5) is 27.6. The van der Waals surface area contributed by atoms with Crippen molar-refractivity contribution >= 4 is 17.6 Å². The van der Waals surface area contributed by atoms with Crippen molar-refractivity contribution in [1.82, 2.24) is 14.7 Å². The molecule has 4 rings (SSSR count). The molecule has 2 aliphatic heterocycles. The maximum absolute atomic E-state index is 13.1. The lowest BCUT2D eigenvalue weighted by Crippen LogP contribution is -2.47. The van der Waals surface area contributed by atoms with Crippen LogP contribution in [0.4, 0.5) is 18.9 Å². The molecule has 0 bridgehead atoms. The topological polar surface area (TPSA) is 76.5 Å². The molecular weight excluding hydrogens is 425 g/mol. The first-order chi connectivity index (χ1) is 15.1. The SMILES string of the molecule is CCN1CCC2(CC1)OC(=O)C(C)=C2C(=O)Nc1ccc(-n2ccc(C(F)(F)F)n2)cc1. The molecule has 1 aromatic carbocycles. The van der Waals surface area contributed by atoms with E-state index in [4.69, 9.17) is 4.74 Å². The maximum atomic E-state index is 13.1. The minimum absolute atomic E-state index is 0.306. The summed E-state index contributed by atoms with van der Waals surface area (Å²) in [6.07, 6.45) is -2.20. The van der Waals surface area contributed by atoms with Crippen LogP contribution in [0.2, 0.25) is 0 Å². The maximum Gasteiger partial charge on any atom is 0.435 e. The van der Waals surface area contributed by atoms with Gasteiger partial charge in [-0.25, -0.2) is 9.48 Å². The first kappa shape index (κ1) is 22.1. The number of carbonyl (C=O) groups excluding carboxylic acids is 2. The van der Waals surface area contributed by atoms with E-state index in [0.717, 1.165) is 30.4 Å². The zero-order valence-electron chi connectivity index (χ0n) is 17.7. The fraction of sp³-hybridized carbons (Fsp3) is 0.409. The van der Waals surface area contributed by atoms with E-state index < -0.39 is 29.3 Å². The highest BCUT2D eigenvalue weighted by molar-refractivity contribution is 6.12. The van der Waals surface area contributed by atoms with E-state index in [1.165, 1.54) is 6.20 Å². The molecule has 1 spiro atoms. The van der Waals surface area contributed by atoms with Gasteiger partial charge in [0.1, 0.15) is 5.60 Å². The van der Waals surface area contributed by atoms with Crippen LogP contribution in [0.3, 0.4) is 0 Å². The van der Waals surface area contributed by atoms with E-state index in [0.29, 0.717) is 35.4 Å². The molecule has 2 aromatic rings. The number of alkyl halides is 3. The normalized spacial score (nSPS) is 18.8. The Bertz CT molecular complexity index is 1060. The Hall–Kier alpha value is -3.14. The van der Waals surface area contributed by atoms with Crippen LogP contribution in [-0.4, -0.2) is 51.8 Å². The number of halogens is 3. The predicted octanol–water partition coefficient (Wildman–Crippen LogP) is 3.56. The number of nitrogens with zero attached hydrogens (tertiary/aromatic N) is 3. The number of likely N-dealkylation sites (tertiary alicyclic amines) is 1. The number of rotatable bonds is 4. The van der Waals surface area contributed by atoms with Crippen LogP contribution < -0.4 is 5.32 Å². The molecule has 0 radical (unpaired) electrons. The molecule has 1 fully saturated rings. The number of benzene rings is 1. The second-order valence-corrected chi connectivity index (χ2v) is 7.96. The fourth-order valence-electron chi connectivity index (χ4n) is 4.22. The number of piperidine rings is 1. The van der Waals surface area contributed by atoms with Gasteiger partial charge in [-0.1, -0.05) is 6.92 Å². The molecular formula is C22H23F3N4O3. The van der Waals surface area contributed by atoms with Gasteiger partial charge in [0.15, 0.2) is 5.69 Å². The van der Waals surface area contributed by atoms with Crippen molar-refractivity contribution in [2.24, 2.45) is 0 Å². The van der Waals surface area contributed by atoms with Crippen LogP contribution in [0, 0.1) is 0 Å². The third-order valence-electron chi connectivity index (χ3n) is 6.03. The molecule has 0 unspecified atom stereocenters. The van der Waals surface area contributed by atoms with Crippen molar-refractivity contribution < 1.29 is 27.5 Å². The highest BCUT2D eigenvalue weighted by atomic mass is 19.4. The van der Waals surface area contributed by atoms with E-state index in [-0.39, 0.29) is 0 Å². The number of aromatic nitrogens is 2. The standard InChI is InChI=1S/C22H23F3N4O3/c1-3-28-12-9-21(10-13-28)18(14(2)20(31)32-21)19(30)26-15-4-6-16(7-5-15)29-11-8-17(27-29)22(23,24)25/h4-8,11H,3,9-10,12-13H2,1-2H3,(H,26,30). The first-order valence-corrected chi connectivity index (χ1v) is 10.3. The van der Waals surface area contributed by atoms with Gasteiger partial charge in [0, 0.05) is 43.4 Å². The van der Waals surface area contributed by atoms with Gasteiger partial charge in [-0.05, 0) is 43.8 Å². The zero-order chi connectivity index (χ0) is 23.1. The summed E-state index contributed by atoms with van der Waals surface area (Å²) in [5.41, 5.74) is -0.383. The molecule has 1 N–H and O–H groups in total. The van der Waals surface area contributed by atoms with Gasteiger partial charge >= 0.3 is 12.1 Å². The van der Waals surface area contributed by atoms with Gasteiger partial charge in [-0.3, -0.25) is 4.79 Å². The number of anilines is 1. The third kappa shape index (κ3) is 4.02. The molecule has 0 atom stereocenters. The quantitative estimate of drug-likeness (QED) is 0.724. The van der Waals surface area contributed by atoms with Gasteiger partial charge in [0.2, 0.25) is 0 Å². The monoisotopic (exact) mass is 448 g/mol. The molecule has 0 aliphatic carbocycles. The minimum Gasteiger partial charge on any atom is -0.450 e. The lowest BCUT2D eigenvalue weighted by Gasteiger charge is -2.38. The average molecular weight is 448 g/mol. The number of esters is 1. The summed E-state index contributed by atoms with van der Waals surface area (Å²) in [5, 5.41) is 6.32. The number of hydrogen-bond acceptors (Lipinski definition) is 5. The lowest BCUT2D eigenvalue weighted by atomic mass is 9.82. The summed E-state index contributed by atoms with van der Waals surface area (Å²) in [5.74, 6) is -0.890. The van der Waals surface area contributed by atoms with Crippen LogP contribution in [0.15, 0.2) is 47.7 Å². The first-order valence-electron chi connectivity index (χ1n) is 10.3. The van der Waals surface area contributed by atoms with E-state index in [1.807, 2.05) is 0 Å². The highest BCUT2D eigenvalue weighted by Gasteiger charge is 2.50. The Balaban J connectivity index is 1.51. The van der Waals surface area contributed by atoms with Gasteiger partial charge < -0.3 is 15.0 Å². The molecule has 0 saturated carbocycles. The Morgan fingerprint density at radius 3 is 2.41 bits per heavy atom. The summed E-state index contributed by atoms with van der Waals surface area (Å²) in [6, 6.07) is 7.14. The van der Waals surface area contributed by atoms with Gasteiger partial charge in [0.05, 0.1) is 11.3 Å². The largest absolute Gasteiger partial charge is 0.450 e. The molecule has 1 aromatic heterocycles. The molecule has 3 heterocycles. The third-order valence-corrected chi connectivity index (χ3v) is 6.03. The highest BCUT2D eigenvalue weighted by Crippen LogP contribution is 2.41. The van der Waals surface area contributed by atoms with E-state index >= 15 is 0 Å².